The highest BCUT2D eigenvalue weighted by atomic mass is 16.7. The topological polar surface area (TPSA) is 62.2 Å². The van der Waals surface area contributed by atoms with Crippen molar-refractivity contribution in [2.75, 3.05) is 19.0 Å². The highest BCUT2D eigenvalue weighted by molar-refractivity contribution is 5.46. The first-order chi connectivity index (χ1) is 14.5. The van der Waals surface area contributed by atoms with Crippen LogP contribution in [-0.2, 0) is 9.47 Å². The molecule has 1 saturated heterocycles. The number of aliphatic hydroxyl groups is 2. The highest BCUT2D eigenvalue weighted by Gasteiger charge is 2.33. The van der Waals surface area contributed by atoms with Gasteiger partial charge in [-0.15, -0.1) is 0 Å². The molecule has 1 heterocycles. The lowest BCUT2D eigenvalue weighted by atomic mass is 9.96. The molecular formula is C26H37NO4. The van der Waals surface area contributed by atoms with Gasteiger partial charge in [-0.3, -0.25) is 0 Å². The average molecular weight is 428 g/mol. The summed E-state index contributed by atoms with van der Waals surface area (Å²) >= 11 is 0. The molecule has 1 aromatic carbocycles. The average Bonchev–Trinajstić information content (AvgIpc) is 2.73. The van der Waals surface area contributed by atoms with Crippen LogP contribution < -0.4 is 4.90 Å². The van der Waals surface area contributed by atoms with Gasteiger partial charge in [0.15, 0.2) is 6.29 Å². The van der Waals surface area contributed by atoms with E-state index in [-0.39, 0.29) is 23.7 Å². The zero-order valence-corrected chi connectivity index (χ0v) is 20.1. The molecule has 1 aliphatic heterocycles. The summed E-state index contributed by atoms with van der Waals surface area (Å²) in [6.07, 6.45) is 3.13. The molecule has 31 heavy (non-hydrogen) atoms. The summed E-state index contributed by atoms with van der Waals surface area (Å²) in [5, 5.41) is 20.4. The van der Waals surface area contributed by atoms with Crippen molar-refractivity contribution < 1.29 is 19.7 Å². The molecule has 0 spiro atoms. The van der Waals surface area contributed by atoms with Crippen LogP contribution >= 0.6 is 0 Å². The van der Waals surface area contributed by atoms with E-state index in [1.165, 1.54) is 0 Å². The van der Waals surface area contributed by atoms with E-state index in [0.717, 1.165) is 33.5 Å². The SMILES string of the molecule is CC(C)=C(O)/C=C(/C)C1CC(/C(C)=C/C(O)=C(C)C)OC(c2ccc(N(C)C)cc2)O1. The predicted molar refractivity (Wildman–Crippen MR) is 127 cm³/mol. The molecule has 1 aromatic rings. The van der Waals surface area contributed by atoms with E-state index in [0.29, 0.717) is 6.42 Å². The number of ether oxygens (including phenoxy) is 2. The van der Waals surface area contributed by atoms with Crippen LogP contribution in [0.15, 0.2) is 70.2 Å². The fourth-order valence-electron chi connectivity index (χ4n) is 3.22. The van der Waals surface area contributed by atoms with Gasteiger partial charge in [-0.2, -0.15) is 0 Å². The summed E-state index contributed by atoms with van der Waals surface area (Å²) in [5.41, 5.74) is 5.59. The molecular weight excluding hydrogens is 390 g/mol. The normalized spacial score (nSPS) is 22.1. The molecule has 170 valence electrons. The molecule has 1 aliphatic rings. The number of hydrogen-bond donors (Lipinski definition) is 2. The Bertz CT molecular complexity index is 834. The molecule has 2 rings (SSSR count). The lowest BCUT2D eigenvalue weighted by Gasteiger charge is -2.37. The van der Waals surface area contributed by atoms with Gasteiger partial charge >= 0.3 is 0 Å². The van der Waals surface area contributed by atoms with Gasteiger partial charge < -0.3 is 24.6 Å². The maximum Gasteiger partial charge on any atom is 0.185 e. The summed E-state index contributed by atoms with van der Waals surface area (Å²) in [4.78, 5) is 2.04. The molecule has 0 amide bonds. The molecule has 5 heteroatoms. The Morgan fingerprint density at radius 3 is 1.58 bits per heavy atom. The van der Waals surface area contributed by atoms with Crippen molar-refractivity contribution in [1.29, 1.82) is 0 Å². The van der Waals surface area contributed by atoms with E-state index < -0.39 is 6.29 Å². The summed E-state index contributed by atoms with van der Waals surface area (Å²) in [6.45, 7) is 11.4. The van der Waals surface area contributed by atoms with Crippen LogP contribution in [0.5, 0.6) is 0 Å². The number of allylic oxidation sites excluding steroid dienone is 4. The smallest absolute Gasteiger partial charge is 0.185 e. The van der Waals surface area contributed by atoms with Crippen molar-refractivity contribution >= 4 is 5.69 Å². The third kappa shape index (κ3) is 6.74. The molecule has 0 radical (unpaired) electrons. The van der Waals surface area contributed by atoms with Crippen LogP contribution in [0.4, 0.5) is 5.69 Å². The number of aliphatic hydroxyl groups excluding tert-OH is 2. The first kappa shape index (κ1) is 24.8. The highest BCUT2D eigenvalue weighted by Crippen LogP contribution is 2.36. The summed E-state index contributed by atoms with van der Waals surface area (Å²) in [5.74, 6) is 0.510. The molecule has 1 fully saturated rings. The molecule has 0 aromatic heterocycles. The first-order valence-electron chi connectivity index (χ1n) is 10.7. The van der Waals surface area contributed by atoms with E-state index >= 15 is 0 Å². The van der Waals surface area contributed by atoms with Crippen LogP contribution in [0.25, 0.3) is 0 Å². The van der Waals surface area contributed by atoms with Crippen LogP contribution in [-0.4, -0.2) is 36.5 Å². The quantitative estimate of drug-likeness (QED) is 0.400. The molecule has 3 unspecified atom stereocenters. The Kier molecular flexibility index (Phi) is 8.54. The Morgan fingerprint density at radius 1 is 0.806 bits per heavy atom. The molecule has 0 aliphatic carbocycles. The summed E-state index contributed by atoms with van der Waals surface area (Å²) in [6, 6.07) is 8.10. The van der Waals surface area contributed by atoms with Gasteiger partial charge in [0.1, 0.15) is 11.5 Å². The molecule has 5 nitrogen and oxygen atoms in total. The predicted octanol–water partition coefficient (Wildman–Crippen LogP) is 6.52. The standard InChI is InChI=1S/C26H37NO4/c1-16(2)22(28)13-18(5)24-15-25(19(6)14-23(29)17(3)4)31-26(30-24)20-9-11-21(12-10-20)27(7)8/h9-14,24-26,28-29H,15H2,1-8H3/b18-13-,19-14+. The van der Waals surface area contributed by atoms with Crippen molar-refractivity contribution in [2.45, 2.75) is 66.5 Å². The maximum atomic E-state index is 10.2. The second kappa shape index (κ2) is 10.7. The van der Waals surface area contributed by atoms with Gasteiger partial charge in [0.05, 0.1) is 12.2 Å². The number of nitrogens with zero attached hydrogens (tertiary/aromatic N) is 1. The zero-order chi connectivity index (χ0) is 23.3. The minimum absolute atomic E-state index is 0.226. The number of benzene rings is 1. The van der Waals surface area contributed by atoms with Crippen LogP contribution in [0.1, 0.15) is 59.8 Å². The van der Waals surface area contributed by atoms with E-state index in [1.807, 2.05) is 84.8 Å². The third-order valence-electron chi connectivity index (χ3n) is 5.45. The van der Waals surface area contributed by atoms with Crippen molar-refractivity contribution in [3.05, 3.63) is 75.8 Å². The Labute approximate surface area is 187 Å². The Hall–Kier alpha value is -2.50. The minimum Gasteiger partial charge on any atom is -0.508 e. The number of anilines is 1. The molecule has 2 N–H and O–H groups in total. The van der Waals surface area contributed by atoms with Crippen LogP contribution in [0.3, 0.4) is 0 Å². The van der Waals surface area contributed by atoms with Crippen LogP contribution in [0, 0.1) is 0 Å². The number of rotatable bonds is 6. The van der Waals surface area contributed by atoms with Crippen molar-refractivity contribution in [1.82, 2.24) is 0 Å². The summed E-state index contributed by atoms with van der Waals surface area (Å²) in [7, 11) is 4.00. The third-order valence-corrected chi connectivity index (χ3v) is 5.45. The van der Waals surface area contributed by atoms with E-state index in [9.17, 15) is 10.2 Å². The monoisotopic (exact) mass is 427 g/mol. The second-order valence-corrected chi connectivity index (χ2v) is 8.85. The first-order valence-corrected chi connectivity index (χ1v) is 10.7. The van der Waals surface area contributed by atoms with E-state index in [2.05, 4.69) is 0 Å². The van der Waals surface area contributed by atoms with Gasteiger partial charge in [-0.1, -0.05) is 12.1 Å². The van der Waals surface area contributed by atoms with Gasteiger partial charge in [-0.05, 0) is 88.1 Å². The lowest BCUT2D eigenvalue weighted by molar-refractivity contribution is -0.230. The van der Waals surface area contributed by atoms with E-state index in [4.69, 9.17) is 9.47 Å². The van der Waals surface area contributed by atoms with Gasteiger partial charge in [-0.25, -0.2) is 0 Å². The summed E-state index contributed by atoms with van der Waals surface area (Å²) < 4.78 is 12.6. The van der Waals surface area contributed by atoms with E-state index in [1.54, 1.807) is 12.2 Å². The number of hydrogen-bond acceptors (Lipinski definition) is 5. The van der Waals surface area contributed by atoms with Gasteiger partial charge in [0, 0.05) is 31.8 Å². The zero-order valence-electron chi connectivity index (χ0n) is 20.1. The molecule has 0 saturated carbocycles. The lowest BCUT2D eigenvalue weighted by Crippen LogP contribution is -2.35. The maximum absolute atomic E-state index is 10.2. The Balaban J connectivity index is 2.39. The molecule has 0 bridgehead atoms. The Morgan fingerprint density at radius 2 is 1.23 bits per heavy atom. The molecule has 3 atom stereocenters. The van der Waals surface area contributed by atoms with Crippen molar-refractivity contribution in [3.63, 3.8) is 0 Å². The second-order valence-electron chi connectivity index (χ2n) is 8.85. The van der Waals surface area contributed by atoms with Gasteiger partial charge in [0.2, 0.25) is 0 Å². The minimum atomic E-state index is -0.547. The largest absolute Gasteiger partial charge is 0.508 e. The van der Waals surface area contributed by atoms with Crippen molar-refractivity contribution in [3.8, 4) is 0 Å². The fourth-order valence-corrected chi connectivity index (χ4v) is 3.22. The van der Waals surface area contributed by atoms with Crippen LogP contribution in [0.2, 0.25) is 0 Å². The van der Waals surface area contributed by atoms with Crippen molar-refractivity contribution in [2.24, 2.45) is 0 Å². The fraction of sp³-hybridized carbons (Fsp3) is 0.462. The van der Waals surface area contributed by atoms with Gasteiger partial charge in [0.25, 0.3) is 0 Å².